The maximum Gasteiger partial charge on any atom is 0.358 e. The predicted octanol–water partition coefficient (Wildman–Crippen LogP) is -4.23. The molecule has 0 spiro atoms. The molecule has 0 saturated carbocycles. The molecule has 0 fully saturated rings. The largest absolute Gasteiger partial charge is 0.545 e. The molecule has 0 aliphatic rings. The van der Waals surface area contributed by atoms with E-state index >= 15 is 0 Å². The fourth-order valence-electron chi connectivity index (χ4n) is 2.66. The molecule has 0 aliphatic heterocycles. The number of benzene rings is 4. The summed E-state index contributed by atoms with van der Waals surface area (Å²) in [6, 6.07) is 27.5. The Morgan fingerprint density at radius 2 is 0.853 bits per heavy atom. The van der Waals surface area contributed by atoms with Gasteiger partial charge in [-0.05, 0) is 72.8 Å². The van der Waals surface area contributed by atoms with Crippen molar-refractivity contribution in [2.75, 3.05) is 0 Å². The van der Waals surface area contributed by atoms with Crippen molar-refractivity contribution >= 4 is 11.9 Å². The molecule has 8 heteroatoms. The molecule has 6 nitrogen and oxygen atoms in total. The van der Waals surface area contributed by atoms with E-state index in [1.807, 2.05) is 48.5 Å². The Morgan fingerprint density at radius 1 is 0.529 bits per heavy atom. The van der Waals surface area contributed by atoms with Gasteiger partial charge in [-0.3, -0.25) is 0 Å². The van der Waals surface area contributed by atoms with E-state index in [0.717, 1.165) is 14.3 Å². The molecule has 0 radical (unpaired) electrons. The maximum absolute atomic E-state index is 10.9. The van der Waals surface area contributed by atoms with Crippen LogP contribution in [0.4, 0.5) is 0 Å². The van der Waals surface area contributed by atoms with Gasteiger partial charge in [0.1, 0.15) is 11.5 Å². The fraction of sp³-hybridized carbons (Fsp3) is 0. The van der Waals surface area contributed by atoms with Crippen LogP contribution >= 0.6 is 0 Å². The van der Waals surface area contributed by atoms with E-state index in [2.05, 4.69) is 0 Å². The highest BCUT2D eigenvalue weighted by atomic mass is 127. The molecule has 0 bridgehead atoms. The van der Waals surface area contributed by atoms with Crippen molar-refractivity contribution in [3.05, 3.63) is 122 Å². The van der Waals surface area contributed by atoms with Crippen LogP contribution in [-0.4, -0.2) is 22.2 Å². The van der Waals surface area contributed by atoms with Crippen molar-refractivity contribution in [2.45, 2.75) is 0 Å². The van der Waals surface area contributed by atoms with Crippen molar-refractivity contribution in [1.29, 1.82) is 0 Å². The zero-order valence-corrected chi connectivity index (χ0v) is 21.8. The lowest BCUT2D eigenvalue weighted by atomic mass is 10.2. The highest BCUT2D eigenvalue weighted by Crippen LogP contribution is 2.05. The van der Waals surface area contributed by atoms with Gasteiger partial charge in [0.15, 0.2) is 7.14 Å². The molecule has 0 amide bonds. The molecule has 4 aromatic rings. The van der Waals surface area contributed by atoms with Crippen LogP contribution in [0, 0.1) is 14.3 Å². The van der Waals surface area contributed by atoms with Gasteiger partial charge in [-0.25, -0.2) is 0 Å². The average molecular weight is 680 g/mol. The van der Waals surface area contributed by atoms with E-state index in [1.54, 1.807) is 48.5 Å². The molecular weight excluding hydrogens is 662 g/mol. The second-order valence-corrected chi connectivity index (χ2v) is 12.6. The van der Waals surface area contributed by atoms with Crippen LogP contribution in [0.5, 0.6) is 11.5 Å². The summed E-state index contributed by atoms with van der Waals surface area (Å²) in [6.07, 6.45) is 0. The SMILES string of the molecule is O=C([O-])c1ccccc1[I+]c1ccc(O)cc1.O=C([O-])c1ccccc1[I+]c1ccc(O)cc1. The van der Waals surface area contributed by atoms with Gasteiger partial charge < -0.3 is 30.0 Å². The van der Waals surface area contributed by atoms with Gasteiger partial charge in [-0.2, -0.15) is 0 Å². The standard InChI is InChI=1S/2C13H9IO3/c2*15-10-7-5-9(6-8-10)14-12-4-2-1-3-11(12)13(16)17/h2*1-8H,(H-,15,16,17). The topological polar surface area (TPSA) is 121 Å². The number of phenolic OH excluding ortho intramolecular Hbond substituents is 2. The molecule has 34 heavy (non-hydrogen) atoms. The van der Waals surface area contributed by atoms with Gasteiger partial charge >= 0.3 is 42.4 Å². The number of carbonyl (C=O) groups is 2. The highest BCUT2D eigenvalue weighted by molar-refractivity contribution is 5.85. The third kappa shape index (κ3) is 7.45. The first-order valence-electron chi connectivity index (χ1n) is 9.82. The smallest absolute Gasteiger partial charge is 0.358 e. The lowest BCUT2D eigenvalue weighted by molar-refractivity contribution is -0.598. The minimum absolute atomic E-state index is 0.214. The zero-order chi connectivity index (χ0) is 24.5. The van der Waals surface area contributed by atoms with Crippen molar-refractivity contribution in [1.82, 2.24) is 0 Å². The minimum atomic E-state index is -1.14. The van der Waals surface area contributed by atoms with Crippen LogP contribution in [0.25, 0.3) is 0 Å². The summed E-state index contributed by atoms with van der Waals surface area (Å²) in [5, 5.41) is 40.2. The van der Waals surface area contributed by atoms with E-state index in [4.69, 9.17) is 0 Å². The van der Waals surface area contributed by atoms with E-state index in [-0.39, 0.29) is 22.6 Å². The van der Waals surface area contributed by atoms with Crippen LogP contribution in [0.3, 0.4) is 0 Å². The van der Waals surface area contributed by atoms with Gasteiger partial charge in [0.05, 0.1) is 23.1 Å². The van der Waals surface area contributed by atoms with E-state index in [9.17, 15) is 30.0 Å². The number of aromatic hydroxyl groups is 2. The van der Waals surface area contributed by atoms with Gasteiger partial charge in [0.2, 0.25) is 7.14 Å². The van der Waals surface area contributed by atoms with Crippen molar-refractivity contribution < 1.29 is 72.4 Å². The molecule has 0 aliphatic carbocycles. The van der Waals surface area contributed by atoms with E-state index < -0.39 is 54.3 Å². The van der Waals surface area contributed by atoms with Gasteiger partial charge in [-0.1, -0.05) is 24.3 Å². The van der Waals surface area contributed by atoms with Crippen LogP contribution in [0.15, 0.2) is 97.1 Å². The summed E-state index contributed by atoms with van der Waals surface area (Å²) < 4.78 is 3.74. The Hall–Kier alpha value is -3.12. The predicted molar refractivity (Wildman–Crippen MR) is 113 cm³/mol. The molecule has 0 saturated heterocycles. The number of carboxylic acids is 2. The fourth-order valence-corrected chi connectivity index (χ4v) is 7.60. The second kappa shape index (κ2) is 12.4. The Balaban J connectivity index is 0.000000191. The molecule has 0 aromatic heterocycles. The molecule has 0 heterocycles. The molecular formula is C26H18I2O6. The summed E-state index contributed by atoms with van der Waals surface area (Å²) in [5.74, 6) is -1.85. The number of aromatic carboxylic acids is 2. The minimum Gasteiger partial charge on any atom is -0.545 e. The second-order valence-electron chi connectivity index (χ2n) is 6.68. The lowest BCUT2D eigenvalue weighted by Crippen LogP contribution is -3.61. The molecule has 0 unspecified atom stereocenters. The van der Waals surface area contributed by atoms with E-state index in [1.165, 1.54) is 0 Å². The summed E-state index contributed by atoms with van der Waals surface area (Å²) in [5.41, 5.74) is 0.516. The van der Waals surface area contributed by atoms with Crippen molar-refractivity contribution in [3.8, 4) is 11.5 Å². The van der Waals surface area contributed by atoms with Gasteiger partial charge in [0.25, 0.3) is 0 Å². The number of phenols is 2. The molecule has 0 atom stereocenters. The Bertz CT molecular complexity index is 1170. The summed E-state index contributed by atoms with van der Waals surface area (Å²) >= 11 is -1.14. The first-order valence-corrected chi connectivity index (χ1v) is 14.1. The zero-order valence-electron chi connectivity index (χ0n) is 17.5. The Kier molecular flexibility index (Phi) is 9.28. The van der Waals surface area contributed by atoms with Crippen LogP contribution in [-0.2, 0) is 0 Å². The Morgan fingerprint density at radius 3 is 1.18 bits per heavy atom. The maximum atomic E-state index is 10.9. The summed E-state index contributed by atoms with van der Waals surface area (Å²) in [7, 11) is 0. The molecule has 4 aromatic carbocycles. The average Bonchev–Trinajstić information content (AvgIpc) is 2.83. The molecule has 172 valence electrons. The van der Waals surface area contributed by atoms with Crippen LogP contribution in [0.1, 0.15) is 20.7 Å². The molecule has 4 rings (SSSR count). The number of carboxylic acid groups (broad SMARTS) is 2. The number of hydrogen-bond acceptors (Lipinski definition) is 6. The Labute approximate surface area is 217 Å². The third-order valence-corrected chi connectivity index (χ3v) is 9.99. The van der Waals surface area contributed by atoms with Crippen LogP contribution < -0.4 is 52.6 Å². The summed E-state index contributed by atoms with van der Waals surface area (Å²) in [6.45, 7) is 0. The highest BCUT2D eigenvalue weighted by Gasteiger charge is 2.20. The quantitative estimate of drug-likeness (QED) is 0.200. The number of carbonyl (C=O) groups excluding carboxylic acids is 2. The lowest BCUT2D eigenvalue weighted by Gasteiger charge is -2.00. The molecule has 2 N–H and O–H groups in total. The first-order chi connectivity index (χ1) is 16.3. The number of halogens is 2. The first kappa shape index (κ1) is 25.5. The third-order valence-electron chi connectivity index (χ3n) is 4.26. The van der Waals surface area contributed by atoms with Gasteiger partial charge in [-0.15, -0.1) is 0 Å². The van der Waals surface area contributed by atoms with Gasteiger partial charge in [0, 0.05) is 0 Å². The normalized spacial score (nSPS) is 10.1. The summed E-state index contributed by atoms with van der Waals surface area (Å²) in [4.78, 5) is 21.9. The van der Waals surface area contributed by atoms with Crippen LogP contribution in [0.2, 0.25) is 0 Å². The van der Waals surface area contributed by atoms with Crippen molar-refractivity contribution in [3.63, 3.8) is 0 Å². The van der Waals surface area contributed by atoms with E-state index in [0.29, 0.717) is 0 Å². The van der Waals surface area contributed by atoms with Crippen molar-refractivity contribution in [2.24, 2.45) is 0 Å². The number of rotatable bonds is 6. The monoisotopic (exact) mass is 680 g/mol. The number of hydrogen-bond donors (Lipinski definition) is 2.